The molecule has 11 nitrogen and oxygen atoms in total. The number of H-pyrrole nitrogens is 2. The molecule has 232 valence electrons. The Morgan fingerprint density at radius 3 is 2.73 bits per heavy atom. The number of piperidine rings is 1. The van der Waals surface area contributed by atoms with Crippen molar-refractivity contribution >= 4 is 40.1 Å². The number of likely N-dealkylation sites (tertiary alicyclic amines) is 1. The summed E-state index contributed by atoms with van der Waals surface area (Å²) in [6.07, 6.45) is 2.46. The number of methoxy groups -OCH3 is 1. The van der Waals surface area contributed by atoms with Crippen LogP contribution in [0.5, 0.6) is 0 Å². The van der Waals surface area contributed by atoms with E-state index in [1.165, 1.54) is 18.0 Å². The molecule has 0 unspecified atom stereocenters. The number of hydrogen-bond acceptors (Lipinski definition) is 8. The molecule has 5 rings (SSSR count). The number of imidazole rings is 1. The summed E-state index contributed by atoms with van der Waals surface area (Å²) in [5.41, 5.74) is 2.45. The molecule has 1 fully saturated rings. The Morgan fingerprint density at radius 2 is 2.00 bits per heavy atom. The molecule has 4 N–H and O–H groups in total. The van der Waals surface area contributed by atoms with Crippen molar-refractivity contribution in [1.82, 2.24) is 24.8 Å². The van der Waals surface area contributed by atoms with Gasteiger partial charge in [0.15, 0.2) is 0 Å². The highest BCUT2D eigenvalue weighted by molar-refractivity contribution is 6.30. The molecule has 4 aromatic rings. The predicted octanol–water partition coefficient (Wildman–Crippen LogP) is 4.06. The van der Waals surface area contributed by atoms with Crippen molar-refractivity contribution in [3.05, 3.63) is 81.2 Å². The number of nitrogens with one attached hydrogen (secondary N) is 3. The van der Waals surface area contributed by atoms with Crippen molar-refractivity contribution < 1.29 is 19.4 Å². The lowest BCUT2D eigenvalue weighted by molar-refractivity contribution is -0.127. The molecule has 1 atom stereocenters. The van der Waals surface area contributed by atoms with Crippen LogP contribution < -0.4 is 10.9 Å². The number of aliphatic hydroxyl groups excluding tert-OH is 1. The lowest BCUT2D eigenvalue weighted by atomic mass is 9.96. The van der Waals surface area contributed by atoms with Crippen LogP contribution in [0.4, 0.5) is 5.69 Å². The summed E-state index contributed by atoms with van der Waals surface area (Å²) in [4.78, 5) is 53.2. The van der Waals surface area contributed by atoms with E-state index in [-0.39, 0.29) is 35.4 Å². The highest BCUT2D eigenvalue weighted by atomic mass is 35.5. The summed E-state index contributed by atoms with van der Waals surface area (Å²) in [5, 5.41) is 14.3. The SMILES string of the molecule is COCCN1CCC(CN(C(C)=O)C(=O)c2ccc3[nH]c(-c4c(NC[C@@H](O)c5cccc(Cl)c5)cc[nH]c4=O)nc3c2)CC1. The van der Waals surface area contributed by atoms with Gasteiger partial charge in [-0.3, -0.25) is 19.3 Å². The number of benzene rings is 2. The molecule has 0 bridgehead atoms. The fraction of sp³-hybridized carbons (Fsp3) is 0.375. The van der Waals surface area contributed by atoms with Crippen molar-refractivity contribution in [1.29, 1.82) is 0 Å². The second-order valence-corrected chi connectivity index (χ2v) is 11.5. The van der Waals surface area contributed by atoms with Gasteiger partial charge in [0.05, 0.1) is 29.4 Å². The molecule has 2 aromatic heterocycles. The van der Waals surface area contributed by atoms with Gasteiger partial charge in [-0.15, -0.1) is 0 Å². The number of anilines is 1. The molecule has 1 saturated heterocycles. The van der Waals surface area contributed by atoms with Gasteiger partial charge in [0.1, 0.15) is 11.4 Å². The Labute approximate surface area is 260 Å². The van der Waals surface area contributed by atoms with E-state index in [1.807, 2.05) is 0 Å². The lowest BCUT2D eigenvalue weighted by Gasteiger charge is -2.34. The minimum Gasteiger partial charge on any atom is -0.387 e. The van der Waals surface area contributed by atoms with Crippen LogP contribution in [-0.2, 0) is 9.53 Å². The van der Waals surface area contributed by atoms with Gasteiger partial charge in [-0.2, -0.15) is 0 Å². The normalized spacial score (nSPS) is 14.9. The zero-order valence-electron chi connectivity index (χ0n) is 24.8. The molecule has 1 aliphatic heterocycles. The quantitative estimate of drug-likeness (QED) is 0.197. The summed E-state index contributed by atoms with van der Waals surface area (Å²) < 4.78 is 5.17. The zero-order valence-corrected chi connectivity index (χ0v) is 25.6. The standard InChI is InChI=1S/C32H37ClN6O5/c1-20(40)39(19-21-9-12-38(13-10-21)14-15-44-2)32(43)23-6-7-25-27(17-23)37-30(36-25)29-26(8-11-34-31(29)42)35-18-28(41)22-4-3-5-24(33)16-22/h3-8,11,16-17,21,28,41H,9-10,12-15,18-19H2,1-2H3,(H,36,37)(H2,34,35,42)/t28-/m1/s1. The Morgan fingerprint density at radius 1 is 1.20 bits per heavy atom. The molecule has 44 heavy (non-hydrogen) atoms. The molecule has 0 spiro atoms. The van der Waals surface area contributed by atoms with Gasteiger partial charge >= 0.3 is 0 Å². The van der Waals surface area contributed by atoms with Gasteiger partial charge in [0, 0.05) is 50.5 Å². The van der Waals surface area contributed by atoms with Gasteiger partial charge in [0.2, 0.25) is 5.91 Å². The summed E-state index contributed by atoms with van der Waals surface area (Å²) in [5.74, 6) is -0.142. The molecule has 0 radical (unpaired) electrons. The first-order chi connectivity index (χ1) is 21.2. The Balaban J connectivity index is 1.32. The Hall–Kier alpha value is -4.03. The van der Waals surface area contributed by atoms with Gasteiger partial charge < -0.3 is 30.0 Å². The van der Waals surface area contributed by atoms with Crippen molar-refractivity contribution in [2.45, 2.75) is 25.9 Å². The molecule has 0 saturated carbocycles. The molecular formula is C32H37ClN6O5. The van der Waals surface area contributed by atoms with Gasteiger partial charge in [0.25, 0.3) is 11.5 Å². The number of nitrogens with zero attached hydrogens (tertiary/aromatic N) is 3. The predicted molar refractivity (Wildman–Crippen MR) is 170 cm³/mol. The number of carbonyl (C=O) groups excluding carboxylic acids is 2. The monoisotopic (exact) mass is 620 g/mol. The zero-order chi connectivity index (χ0) is 31.2. The average molecular weight is 621 g/mol. The van der Waals surface area contributed by atoms with Gasteiger partial charge in [-0.05, 0) is 73.8 Å². The highest BCUT2D eigenvalue weighted by Crippen LogP contribution is 2.27. The summed E-state index contributed by atoms with van der Waals surface area (Å²) in [7, 11) is 1.69. The van der Waals surface area contributed by atoms with Crippen molar-refractivity contribution in [2.75, 3.05) is 51.8 Å². The molecule has 12 heteroatoms. The number of hydrogen-bond donors (Lipinski definition) is 4. The van der Waals surface area contributed by atoms with Crippen LogP contribution in [0.1, 0.15) is 41.8 Å². The van der Waals surface area contributed by atoms with Crippen LogP contribution in [-0.4, -0.2) is 88.1 Å². The van der Waals surface area contributed by atoms with E-state index in [1.54, 1.807) is 55.6 Å². The number of aliphatic hydroxyl groups is 1. The highest BCUT2D eigenvalue weighted by Gasteiger charge is 2.27. The van der Waals surface area contributed by atoms with Gasteiger partial charge in [-0.1, -0.05) is 23.7 Å². The van der Waals surface area contributed by atoms with Crippen LogP contribution in [0, 0.1) is 5.92 Å². The number of aromatic amines is 2. The second-order valence-electron chi connectivity index (χ2n) is 11.1. The maximum atomic E-state index is 13.5. The third kappa shape index (κ3) is 7.36. The van der Waals surface area contributed by atoms with Crippen LogP contribution in [0.2, 0.25) is 5.02 Å². The van der Waals surface area contributed by atoms with Crippen LogP contribution in [0.15, 0.2) is 59.5 Å². The number of fused-ring (bicyclic) bond motifs is 1. The lowest BCUT2D eigenvalue weighted by Crippen LogP contribution is -2.43. The van der Waals surface area contributed by atoms with E-state index < -0.39 is 6.10 Å². The van der Waals surface area contributed by atoms with Gasteiger partial charge in [-0.25, -0.2) is 4.98 Å². The van der Waals surface area contributed by atoms with Crippen LogP contribution in [0.25, 0.3) is 22.4 Å². The van der Waals surface area contributed by atoms with E-state index >= 15 is 0 Å². The number of pyridine rings is 1. The number of carbonyl (C=O) groups is 2. The molecule has 0 aliphatic carbocycles. The van der Waals surface area contributed by atoms with E-state index in [0.717, 1.165) is 32.5 Å². The van der Waals surface area contributed by atoms with E-state index in [4.69, 9.17) is 16.3 Å². The van der Waals surface area contributed by atoms with E-state index in [9.17, 15) is 19.5 Å². The summed E-state index contributed by atoms with van der Waals surface area (Å²) in [6.45, 7) is 5.28. The maximum absolute atomic E-state index is 13.5. The first-order valence-corrected chi connectivity index (χ1v) is 15.0. The van der Waals surface area contributed by atoms with Crippen molar-refractivity contribution in [3.63, 3.8) is 0 Å². The van der Waals surface area contributed by atoms with Crippen LogP contribution in [0.3, 0.4) is 0 Å². The largest absolute Gasteiger partial charge is 0.387 e. The summed E-state index contributed by atoms with van der Waals surface area (Å²) in [6, 6.07) is 13.7. The number of ether oxygens (including phenoxy) is 1. The number of imide groups is 1. The third-order valence-corrected chi connectivity index (χ3v) is 8.27. The minimum absolute atomic E-state index is 0.128. The number of rotatable bonds is 11. The molecule has 2 aromatic carbocycles. The number of aromatic nitrogens is 3. The molecule has 2 amide bonds. The second kappa shape index (κ2) is 14.2. The maximum Gasteiger partial charge on any atom is 0.261 e. The topological polar surface area (TPSA) is 144 Å². The Bertz CT molecular complexity index is 1680. The third-order valence-electron chi connectivity index (χ3n) is 8.03. The number of amides is 2. The van der Waals surface area contributed by atoms with Crippen molar-refractivity contribution in [3.8, 4) is 11.4 Å². The molecular weight excluding hydrogens is 584 g/mol. The number of halogens is 1. The first kappa shape index (κ1) is 31.4. The van der Waals surface area contributed by atoms with Crippen LogP contribution >= 0.6 is 11.6 Å². The first-order valence-electron chi connectivity index (χ1n) is 14.7. The average Bonchev–Trinajstić information content (AvgIpc) is 3.44. The summed E-state index contributed by atoms with van der Waals surface area (Å²) >= 11 is 6.06. The van der Waals surface area contributed by atoms with Crippen molar-refractivity contribution in [2.24, 2.45) is 5.92 Å². The Kier molecular flexibility index (Phi) is 10.1. The molecule has 1 aliphatic rings. The fourth-order valence-electron chi connectivity index (χ4n) is 5.54. The van der Waals surface area contributed by atoms with E-state index in [0.29, 0.717) is 51.8 Å². The van der Waals surface area contributed by atoms with E-state index in [2.05, 4.69) is 25.2 Å². The minimum atomic E-state index is -0.863. The fourth-order valence-corrected chi connectivity index (χ4v) is 5.74. The molecule has 3 heterocycles. The smallest absolute Gasteiger partial charge is 0.261 e.